The number of hydrogen-bond acceptors (Lipinski definition) is 4. The van der Waals surface area contributed by atoms with Crippen molar-refractivity contribution in [2.75, 3.05) is 19.6 Å². The molecule has 2 rings (SSSR count). The number of thiazole rings is 1. The van der Waals surface area contributed by atoms with Gasteiger partial charge in [-0.05, 0) is 19.8 Å². The predicted octanol–water partition coefficient (Wildman–Crippen LogP) is 1.30. The van der Waals surface area contributed by atoms with Crippen LogP contribution >= 0.6 is 11.3 Å². The van der Waals surface area contributed by atoms with Gasteiger partial charge < -0.3 is 15.5 Å². The van der Waals surface area contributed by atoms with Crippen molar-refractivity contribution >= 4 is 23.3 Å². The second-order valence-corrected chi connectivity index (χ2v) is 6.39. The standard InChI is InChI=1S/C14H22N4O2S/c1-10(19)16-12-4-3-7-18(8-12)14(20)15-6-5-13-9-21-11(2)17-13/h9,12H,3-8H2,1-2H3,(H,15,20)(H,16,19)/t12-/m0/s1. The molecule has 0 bridgehead atoms. The second kappa shape index (κ2) is 7.40. The van der Waals surface area contributed by atoms with Crippen molar-refractivity contribution in [3.8, 4) is 0 Å². The molecule has 1 aromatic heterocycles. The van der Waals surface area contributed by atoms with Gasteiger partial charge in [0.2, 0.25) is 5.91 Å². The van der Waals surface area contributed by atoms with Crippen LogP contribution in [0.25, 0.3) is 0 Å². The fourth-order valence-electron chi connectivity index (χ4n) is 2.50. The number of carbonyl (C=O) groups excluding carboxylic acids is 2. The van der Waals surface area contributed by atoms with Gasteiger partial charge in [-0.15, -0.1) is 11.3 Å². The number of nitrogens with one attached hydrogen (secondary N) is 2. The van der Waals surface area contributed by atoms with E-state index in [-0.39, 0.29) is 18.0 Å². The average Bonchev–Trinajstić information content (AvgIpc) is 2.84. The summed E-state index contributed by atoms with van der Waals surface area (Å²) in [5.41, 5.74) is 1.02. The molecule has 6 nitrogen and oxygen atoms in total. The van der Waals surface area contributed by atoms with Gasteiger partial charge in [-0.1, -0.05) is 0 Å². The third kappa shape index (κ3) is 5.00. The highest BCUT2D eigenvalue weighted by atomic mass is 32.1. The van der Waals surface area contributed by atoms with Crippen LogP contribution < -0.4 is 10.6 Å². The summed E-state index contributed by atoms with van der Waals surface area (Å²) in [5, 5.41) is 8.87. The molecule has 21 heavy (non-hydrogen) atoms. The minimum absolute atomic E-state index is 0.0406. The molecular formula is C14H22N4O2S. The summed E-state index contributed by atoms with van der Waals surface area (Å²) in [5.74, 6) is -0.0406. The predicted molar refractivity (Wildman–Crippen MR) is 82.4 cm³/mol. The van der Waals surface area contributed by atoms with E-state index in [0.717, 1.165) is 36.5 Å². The maximum Gasteiger partial charge on any atom is 0.317 e. The molecular weight excluding hydrogens is 288 g/mol. The van der Waals surface area contributed by atoms with Crippen LogP contribution in [0.4, 0.5) is 4.79 Å². The second-order valence-electron chi connectivity index (χ2n) is 5.33. The highest BCUT2D eigenvalue weighted by Crippen LogP contribution is 2.11. The number of aryl methyl sites for hydroxylation is 1. The first-order chi connectivity index (χ1) is 10.0. The molecule has 7 heteroatoms. The van der Waals surface area contributed by atoms with Crippen LogP contribution in [0.3, 0.4) is 0 Å². The van der Waals surface area contributed by atoms with Crippen LogP contribution in [0, 0.1) is 6.92 Å². The Morgan fingerprint density at radius 1 is 1.52 bits per heavy atom. The fraction of sp³-hybridized carbons (Fsp3) is 0.643. The first-order valence-electron chi connectivity index (χ1n) is 7.25. The summed E-state index contributed by atoms with van der Waals surface area (Å²) in [4.78, 5) is 29.3. The number of aromatic nitrogens is 1. The van der Waals surface area contributed by atoms with Crippen LogP contribution in [0.2, 0.25) is 0 Å². The van der Waals surface area contributed by atoms with E-state index in [1.54, 1.807) is 16.2 Å². The Bertz CT molecular complexity index is 503. The molecule has 1 atom stereocenters. The van der Waals surface area contributed by atoms with Gasteiger partial charge >= 0.3 is 6.03 Å². The van der Waals surface area contributed by atoms with E-state index in [0.29, 0.717) is 13.1 Å². The van der Waals surface area contributed by atoms with Crippen molar-refractivity contribution in [2.45, 2.75) is 39.2 Å². The van der Waals surface area contributed by atoms with E-state index in [2.05, 4.69) is 15.6 Å². The Hall–Kier alpha value is -1.63. The van der Waals surface area contributed by atoms with Gasteiger partial charge in [0.05, 0.1) is 10.7 Å². The first-order valence-corrected chi connectivity index (χ1v) is 8.13. The van der Waals surface area contributed by atoms with Crippen molar-refractivity contribution in [1.82, 2.24) is 20.5 Å². The van der Waals surface area contributed by atoms with Gasteiger partial charge in [-0.2, -0.15) is 0 Å². The highest BCUT2D eigenvalue weighted by Gasteiger charge is 2.23. The van der Waals surface area contributed by atoms with Gasteiger partial charge in [0.1, 0.15) is 0 Å². The summed E-state index contributed by atoms with van der Waals surface area (Å²) in [6.45, 7) is 5.40. The zero-order chi connectivity index (χ0) is 15.2. The summed E-state index contributed by atoms with van der Waals surface area (Å²) in [6, 6.07) is 0.0141. The first kappa shape index (κ1) is 15.8. The fourth-order valence-corrected chi connectivity index (χ4v) is 3.15. The molecule has 0 aliphatic carbocycles. The SMILES string of the molecule is CC(=O)N[C@H]1CCCN(C(=O)NCCc2csc(C)n2)C1. The Labute approximate surface area is 128 Å². The van der Waals surface area contributed by atoms with Crippen LogP contribution in [-0.2, 0) is 11.2 Å². The lowest BCUT2D eigenvalue weighted by atomic mass is 10.1. The molecule has 0 saturated carbocycles. The number of rotatable bonds is 4. The maximum absolute atomic E-state index is 12.1. The summed E-state index contributed by atoms with van der Waals surface area (Å²) >= 11 is 1.62. The van der Waals surface area contributed by atoms with Gasteiger partial charge in [0.15, 0.2) is 0 Å². The minimum atomic E-state index is -0.0583. The largest absolute Gasteiger partial charge is 0.352 e. The van der Waals surface area contributed by atoms with Crippen molar-refractivity contribution < 1.29 is 9.59 Å². The molecule has 1 fully saturated rings. The number of carbonyl (C=O) groups is 2. The number of hydrogen-bond donors (Lipinski definition) is 2. The van der Waals surface area contributed by atoms with Crippen molar-refractivity contribution in [3.05, 3.63) is 16.1 Å². The Kier molecular flexibility index (Phi) is 5.55. The van der Waals surface area contributed by atoms with E-state index in [1.165, 1.54) is 6.92 Å². The minimum Gasteiger partial charge on any atom is -0.352 e. The molecule has 2 heterocycles. The van der Waals surface area contributed by atoms with Crippen molar-refractivity contribution in [3.63, 3.8) is 0 Å². The van der Waals surface area contributed by atoms with Gasteiger partial charge in [-0.3, -0.25) is 4.79 Å². The summed E-state index contributed by atoms with van der Waals surface area (Å²) < 4.78 is 0. The molecule has 1 aromatic rings. The Balaban J connectivity index is 1.73. The van der Waals surface area contributed by atoms with E-state index >= 15 is 0 Å². The lowest BCUT2D eigenvalue weighted by molar-refractivity contribution is -0.119. The molecule has 0 radical (unpaired) electrons. The van der Waals surface area contributed by atoms with E-state index in [9.17, 15) is 9.59 Å². The van der Waals surface area contributed by atoms with Gasteiger partial charge in [-0.25, -0.2) is 9.78 Å². The lowest BCUT2D eigenvalue weighted by Crippen LogP contribution is -2.52. The molecule has 2 N–H and O–H groups in total. The van der Waals surface area contributed by atoms with Gasteiger partial charge in [0, 0.05) is 44.4 Å². The third-order valence-corrected chi connectivity index (χ3v) is 4.26. The zero-order valence-corrected chi connectivity index (χ0v) is 13.3. The van der Waals surface area contributed by atoms with Crippen LogP contribution in [0.1, 0.15) is 30.5 Å². The number of nitrogens with zero attached hydrogens (tertiary/aromatic N) is 2. The van der Waals surface area contributed by atoms with E-state index in [1.807, 2.05) is 12.3 Å². The van der Waals surface area contributed by atoms with Crippen molar-refractivity contribution in [2.24, 2.45) is 0 Å². The molecule has 0 aromatic carbocycles. The number of piperidine rings is 1. The third-order valence-electron chi connectivity index (χ3n) is 3.44. The van der Waals surface area contributed by atoms with Gasteiger partial charge in [0.25, 0.3) is 0 Å². The van der Waals surface area contributed by atoms with Crippen LogP contribution in [0.5, 0.6) is 0 Å². The van der Waals surface area contributed by atoms with Crippen LogP contribution in [-0.4, -0.2) is 47.5 Å². The van der Waals surface area contributed by atoms with E-state index < -0.39 is 0 Å². The number of likely N-dealkylation sites (tertiary alicyclic amines) is 1. The van der Waals surface area contributed by atoms with Crippen LogP contribution in [0.15, 0.2) is 5.38 Å². The molecule has 1 aliphatic heterocycles. The number of urea groups is 1. The molecule has 0 spiro atoms. The van der Waals surface area contributed by atoms with Crippen molar-refractivity contribution in [1.29, 1.82) is 0 Å². The molecule has 3 amide bonds. The monoisotopic (exact) mass is 310 g/mol. The van der Waals surface area contributed by atoms with E-state index in [4.69, 9.17) is 0 Å². The lowest BCUT2D eigenvalue weighted by Gasteiger charge is -2.33. The zero-order valence-electron chi connectivity index (χ0n) is 12.5. The molecule has 0 unspecified atom stereocenters. The Morgan fingerprint density at radius 2 is 2.33 bits per heavy atom. The Morgan fingerprint density at radius 3 is 3.00 bits per heavy atom. The molecule has 116 valence electrons. The quantitative estimate of drug-likeness (QED) is 0.880. The maximum atomic E-state index is 12.1. The normalized spacial score (nSPS) is 18.4. The average molecular weight is 310 g/mol. The molecule has 1 aliphatic rings. The highest BCUT2D eigenvalue weighted by molar-refractivity contribution is 7.09. The topological polar surface area (TPSA) is 74.3 Å². The summed E-state index contributed by atoms with van der Waals surface area (Å²) in [6.07, 6.45) is 2.60. The summed E-state index contributed by atoms with van der Waals surface area (Å²) in [7, 11) is 0. The number of amides is 3. The molecule has 1 saturated heterocycles. The smallest absolute Gasteiger partial charge is 0.317 e.